The molecule has 1 saturated carbocycles. The number of ether oxygens (including phenoxy) is 1. The number of benzene rings is 1. The monoisotopic (exact) mass is 346 g/mol. The van der Waals surface area contributed by atoms with Crippen LogP contribution < -0.4 is 10.6 Å². The zero-order valence-electron chi connectivity index (χ0n) is 14.8. The quantitative estimate of drug-likeness (QED) is 0.742. The Bertz CT molecular complexity index is 609. The molecule has 1 atom stereocenters. The second kappa shape index (κ2) is 8.65. The van der Waals surface area contributed by atoms with Gasteiger partial charge in [-0.2, -0.15) is 0 Å². The fraction of sp³-hybridized carbons (Fsp3) is 0.526. The third-order valence-corrected chi connectivity index (χ3v) is 4.67. The lowest BCUT2D eigenvalue weighted by atomic mass is 9.97. The second-order valence-corrected chi connectivity index (χ2v) is 6.53. The second-order valence-electron chi connectivity index (χ2n) is 6.53. The minimum atomic E-state index is -0.917. The Morgan fingerprint density at radius 2 is 1.68 bits per heavy atom. The fourth-order valence-electron chi connectivity index (χ4n) is 3.25. The fourth-order valence-corrected chi connectivity index (χ4v) is 3.25. The van der Waals surface area contributed by atoms with E-state index in [9.17, 15) is 14.4 Å². The van der Waals surface area contributed by atoms with Crippen LogP contribution in [0.15, 0.2) is 30.3 Å². The molecular formula is C19H26N2O4. The van der Waals surface area contributed by atoms with E-state index in [1.54, 1.807) is 0 Å². The van der Waals surface area contributed by atoms with Crippen molar-refractivity contribution in [3.8, 4) is 0 Å². The molecule has 25 heavy (non-hydrogen) atoms. The van der Waals surface area contributed by atoms with Crippen molar-refractivity contribution in [3.63, 3.8) is 0 Å². The van der Waals surface area contributed by atoms with Gasteiger partial charge in [-0.05, 0) is 25.3 Å². The highest BCUT2D eigenvalue weighted by Crippen LogP contribution is 2.30. The number of nitrogens with one attached hydrogen (secondary N) is 2. The number of rotatable bonds is 7. The molecule has 1 aromatic rings. The number of hydrogen-bond donors (Lipinski definition) is 2. The highest BCUT2D eigenvalue weighted by Gasteiger charge is 2.43. The van der Waals surface area contributed by atoms with E-state index in [2.05, 4.69) is 10.6 Å². The van der Waals surface area contributed by atoms with Gasteiger partial charge in [-0.1, -0.05) is 43.2 Å². The maximum atomic E-state index is 12.2. The van der Waals surface area contributed by atoms with Crippen LogP contribution in [0.1, 0.15) is 57.1 Å². The van der Waals surface area contributed by atoms with Crippen LogP contribution in [-0.2, 0) is 19.1 Å². The predicted octanol–water partition coefficient (Wildman–Crippen LogP) is 2.25. The van der Waals surface area contributed by atoms with Crippen LogP contribution in [0.4, 0.5) is 0 Å². The summed E-state index contributed by atoms with van der Waals surface area (Å²) in [5.41, 5.74) is 0.0931. The van der Waals surface area contributed by atoms with Crippen molar-refractivity contribution in [1.82, 2.24) is 10.6 Å². The van der Waals surface area contributed by atoms with Crippen molar-refractivity contribution >= 4 is 17.8 Å². The van der Waals surface area contributed by atoms with Gasteiger partial charge < -0.3 is 15.4 Å². The first-order valence-corrected chi connectivity index (χ1v) is 8.70. The molecule has 6 nitrogen and oxygen atoms in total. The number of amides is 2. The van der Waals surface area contributed by atoms with Gasteiger partial charge in [0, 0.05) is 12.8 Å². The lowest BCUT2D eigenvalue weighted by Crippen LogP contribution is -2.53. The first-order valence-electron chi connectivity index (χ1n) is 8.70. The van der Waals surface area contributed by atoms with Crippen molar-refractivity contribution in [2.45, 2.75) is 57.0 Å². The summed E-state index contributed by atoms with van der Waals surface area (Å²) in [5.74, 6) is -0.889. The number of carbonyl (C=O) groups is 3. The molecule has 2 N–H and O–H groups in total. The standard InChI is InChI=1S/C19H26N2O4/c1-14(15-8-4-3-5-9-15)20-16(22)10-11-17(23)21-19(18(24)25-2)12-6-7-13-19/h3-5,8-9,14H,6-7,10-13H2,1-2H3,(H,20,22)(H,21,23)/t14-/m1/s1. The van der Waals surface area contributed by atoms with Gasteiger partial charge in [0.2, 0.25) is 11.8 Å². The van der Waals surface area contributed by atoms with Gasteiger partial charge >= 0.3 is 5.97 Å². The Kier molecular flexibility index (Phi) is 6.56. The number of hydrogen-bond acceptors (Lipinski definition) is 4. The summed E-state index contributed by atoms with van der Waals surface area (Å²) in [5, 5.41) is 5.67. The molecule has 0 heterocycles. The van der Waals surface area contributed by atoms with Gasteiger partial charge in [-0.15, -0.1) is 0 Å². The van der Waals surface area contributed by atoms with Crippen LogP contribution in [0.3, 0.4) is 0 Å². The van der Waals surface area contributed by atoms with E-state index in [0.29, 0.717) is 12.8 Å². The van der Waals surface area contributed by atoms with Crippen molar-refractivity contribution in [1.29, 1.82) is 0 Å². The van der Waals surface area contributed by atoms with Crippen LogP contribution >= 0.6 is 0 Å². The van der Waals surface area contributed by atoms with Gasteiger partial charge in [0.25, 0.3) is 0 Å². The summed E-state index contributed by atoms with van der Waals surface area (Å²) in [7, 11) is 1.33. The smallest absolute Gasteiger partial charge is 0.331 e. The molecule has 1 aliphatic carbocycles. The predicted molar refractivity (Wildman–Crippen MR) is 93.6 cm³/mol. The third kappa shape index (κ3) is 5.05. The zero-order chi connectivity index (χ0) is 18.3. The summed E-state index contributed by atoms with van der Waals surface area (Å²) < 4.78 is 4.83. The molecule has 6 heteroatoms. The van der Waals surface area contributed by atoms with Crippen molar-refractivity contribution in [2.24, 2.45) is 0 Å². The molecule has 1 aromatic carbocycles. The Morgan fingerprint density at radius 1 is 1.08 bits per heavy atom. The molecular weight excluding hydrogens is 320 g/mol. The lowest BCUT2D eigenvalue weighted by Gasteiger charge is -2.27. The van der Waals surface area contributed by atoms with E-state index in [1.165, 1.54) is 7.11 Å². The molecule has 1 fully saturated rings. The molecule has 0 spiro atoms. The number of esters is 1. The number of methoxy groups -OCH3 is 1. The largest absolute Gasteiger partial charge is 0.467 e. The Balaban J connectivity index is 1.81. The van der Waals surface area contributed by atoms with Crippen LogP contribution in [0, 0.1) is 0 Å². The van der Waals surface area contributed by atoms with E-state index >= 15 is 0 Å². The molecule has 136 valence electrons. The summed E-state index contributed by atoms with van der Waals surface area (Å²) in [6, 6.07) is 9.52. The molecule has 0 bridgehead atoms. The van der Waals surface area contributed by atoms with Crippen LogP contribution in [-0.4, -0.2) is 30.4 Å². The molecule has 0 aromatic heterocycles. The van der Waals surface area contributed by atoms with Crippen molar-refractivity contribution < 1.29 is 19.1 Å². The Morgan fingerprint density at radius 3 is 2.28 bits per heavy atom. The van der Waals surface area contributed by atoms with E-state index in [1.807, 2.05) is 37.3 Å². The molecule has 0 radical (unpaired) electrons. The lowest BCUT2D eigenvalue weighted by molar-refractivity contribution is -0.150. The minimum absolute atomic E-state index is 0.0477. The van der Waals surface area contributed by atoms with Crippen LogP contribution in [0.2, 0.25) is 0 Å². The van der Waals surface area contributed by atoms with E-state index in [4.69, 9.17) is 4.74 Å². The van der Waals surface area contributed by atoms with Crippen LogP contribution in [0.25, 0.3) is 0 Å². The number of carbonyl (C=O) groups excluding carboxylic acids is 3. The van der Waals surface area contributed by atoms with Gasteiger partial charge in [0.15, 0.2) is 0 Å². The highest BCUT2D eigenvalue weighted by molar-refractivity contribution is 5.90. The molecule has 0 saturated heterocycles. The normalized spacial score (nSPS) is 16.7. The van der Waals surface area contributed by atoms with E-state index in [0.717, 1.165) is 18.4 Å². The molecule has 2 rings (SSSR count). The zero-order valence-corrected chi connectivity index (χ0v) is 14.8. The molecule has 0 aliphatic heterocycles. The SMILES string of the molecule is COC(=O)C1(NC(=O)CCC(=O)N[C@H](C)c2ccccc2)CCCC1. The first kappa shape index (κ1) is 19.0. The van der Waals surface area contributed by atoms with Gasteiger partial charge in [-0.3, -0.25) is 9.59 Å². The van der Waals surface area contributed by atoms with Gasteiger partial charge in [0.1, 0.15) is 5.54 Å². The summed E-state index contributed by atoms with van der Waals surface area (Å²) in [6.45, 7) is 1.90. The topological polar surface area (TPSA) is 84.5 Å². The molecule has 1 aliphatic rings. The Hall–Kier alpha value is -2.37. The van der Waals surface area contributed by atoms with Crippen molar-refractivity contribution in [3.05, 3.63) is 35.9 Å². The Labute approximate surface area is 148 Å². The average molecular weight is 346 g/mol. The van der Waals surface area contributed by atoms with E-state index in [-0.39, 0.29) is 30.7 Å². The highest BCUT2D eigenvalue weighted by atomic mass is 16.5. The minimum Gasteiger partial charge on any atom is -0.467 e. The summed E-state index contributed by atoms with van der Waals surface area (Å²) >= 11 is 0. The molecule has 2 amide bonds. The van der Waals surface area contributed by atoms with Crippen LogP contribution in [0.5, 0.6) is 0 Å². The van der Waals surface area contributed by atoms with E-state index < -0.39 is 11.5 Å². The van der Waals surface area contributed by atoms with Gasteiger partial charge in [0.05, 0.1) is 13.2 Å². The average Bonchev–Trinajstić information content (AvgIpc) is 3.09. The van der Waals surface area contributed by atoms with Crippen molar-refractivity contribution in [2.75, 3.05) is 7.11 Å². The maximum Gasteiger partial charge on any atom is 0.331 e. The summed E-state index contributed by atoms with van der Waals surface area (Å²) in [4.78, 5) is 36.2. The third-order valence-electron chi connectivity index (χ3n) is 4.67. The van der Waals surface area contributed by atoms with Gasteiger partial charge in [-0.25, -0.2) is 4.79 Å². The first-order chi connectivity index (χ1) is 12.0. The maximum absolute atomic E-state index is 12.2. The summed E-state index contributed by atoms with van der Waals surface area (Å²) in [6.07, 6.45) is 3.06. The molecule has 0 unspecified atom stereocenters.